The summed E-state index contributed by atoms with van der Waals surface area (Å²) in [5.41, 5.74) is 2.47. The number of nitrogens with zero attached hydrogens (tertiary/aromatic N) is 1. The highest BCUT2D eigenvalue weighted by Crippen LogP contribution is 2.66. The van der Waals surface area contributed by atoms with Gasteiger partial charge in [-0.3, -0.25) is 9.59 Å². The number of carbonyl (C=O) groups excluding carboxylic acids is 3. The van der Waals surface area contributed by atoms with Crippen molar-refractivity contribution >= 4 is 39.8 Å². The lowest BCUT2D eigenvalue weighted by Gasteiger charge is -2.58. The first-order chi connectivity index (χ1) is 20.0. The number of Topliss-reactive ketones (excluding diaryl/α,β-unsaturated/α-hetero) is 1. The molecule has 0 aromatic heterocycles. The van der Waals surface area contributed by atoms with E-state index in [0.29, 0.717) is 23.5 Å². The number of ketones is 1. The average molecular weight is 637 g/mol. The van der Waals surface area contributed by atoms with Crippen molar-refractivity contribution in [2.45, 2.75) is 78.2 Å². The van der Waals surface area contributed by atoms with Crippen LogP contribution in [-0.2, 0) is 14.3 Å². The number of fused-ring (bicyclic) bond motifs is 5. The highest BCUT2D eigenvalue weighted by atomic mass is 79.9. The number of rotatable bonds is 7. The molecule has 8 heteroatoms. The molecule has 3 fully saturated rings. The molecular formula is C34H42BrN3O4. The third-order valence-electron chi connectivity index (χ3n) is 11.0. The Kier molecular flexibility index (Phi) is 8.99. The van der Waals surface area contributed by atoms with Crippen molar-refractivity contribution in [1.29, 1.82) is 5.26 Å². The van der Waals surface area contributed by atoms with Crippen LogP contribution in [0.1, 0.15) is 77.7 Å². The van der Waals surface area contributed by atoms with Crippen LogP contribution >= 0.6 is 15.9 Å². The topological polar surface area (TPSA) is 108 Å². The molecule has 224 valence electrons. The number of halogens is 1. The molecule has 3 saturated carbocycles. The van der Waals surface area contributed by atoms with Crippen LogP contribution in [0.5, 0.6) is 0 Å². The summed E-state index contributed by atoms with van der Waals surface area (Å²) in [6.45, 7) is 6.99. The number of allylic oxidation sites excluding steroid dienone is 1. The maximum absolute atomic E-state index is 12.6. The summed E-state index contributed by atoms with van der Waals surface area (Å²) in [4.78, 5) is 37.4. The molecule has 0 heterocycles. The quantitative estimate of drug-likeness (QED) is 0.149. The molecule has 4 aliphatic rings. The molecule has 5 rings (SSSR count). The van der Waals surface area contributed by atoms with E-state index in [0.717, 1.165) is 48.6 Å². The molecule has 0 spiro atoms. The Bertz CT molecular complexity index is 1350. The highest BCUT2D eigenvalue weighted by molar-refractivity contribution is 9.10. The van der Waals surface area contributed by atoms with Gasteiger partial charge in [0, 0.05) is 29.9 Å². The van der Waals surface area contributed by atoms with Crippen LogP contribution in [-0.4, -0.2) is 37.0 Å². The van der Waals surface area contributed by atoms with E-state index in [1.165, 1.54) is 24.5 Å². The number of ether oxygens (including phenoxy) is 1. The number of hydrogen-bond acceptors (Lipinski definition) is 5. The number of amides is 2. The summed E-state index contributed by atoms with van der Waals surface area (Å²) in [7, 11) is 0. The third kappa shape index (κ3) is 5.95. The van der Waals surface area contributed by atoms with Crippen molar-refractivity contribution in [1.82, 2.24) is 10.6 Å². The Morgan fingerprint density at radius 3 is 2.62 bits per heavy atom. The van der Waals surface area contributed by atoms with Gasteiger partial charge in [-0.15, -0.1) is 0 Å². The van der Waals surface area contributed by atoms with Crippen LogP contribution in [0.25, 0.3) is 6.08 Å². The van der Waals surface area contributed by atoms with Crippen molar-refractivity contribution in [3.05, 3.63) is 51.5 Å². The SMILES string of the molecule is CC(=O)[C@H]1CC[C@H]2[C@@H]3CC=C4C[C@@H](OC(=O)NCCNC(=O)/C(C#N)=C/c5cccc(Br)c5)CC[C@]4(C)[C@H]3CC[C@]12C. The van der Waals surface area contributed by atoms with E-state index in [2.05, 4.69) is 46.5 Å². The molecule has 2 N–H and O–H groups in total. The zero-order valence-electron chi connectivity index (χ0n) is 24.9. The molecule has 0 saturated heterocycles. The van der Waals surface area contributed by atoms with Gasteiger partial charge in [0.15, 0.2) is 0 Å². The lowest BCUT2D eigenvalue weighted by molar-refractivity contribution is -0.127. The van der Waals surface area contributed by atoms with E-state index in [1.54, 1.807) is 6.92 Å². The van der Waals surface area contributed by atoms with Crippen LogP contribution in [0.4, 0.5) is 4.79 Å². The second-order valence-electron chi connectivity index (χ2n) is 13.2. The first kappa shape index (κ1) is 30.5. The van der Waals surface area contributed by atoms with E-state index in [-0.39, 0.29) is 41.5 Å². The summed E-state index contributed by atoms with van der Waals surface area (Å²) >= 11 is 3.38. The summed E-state index contributed by atoms with van der Waals surface area (Å²) in [6, 6.07) is 9.28. The molecule has 1 aromatic rings. The van der Waals surface area contributed by atoms with Crippen LogP contribution in [0.2, 0.25) is 0 Å². The molecule has 7 nitrogen and oxygen atoms in total. The zero-order valence-corrected chi connectivity index (χ0v) is 26.5. The molecule has 1 aromatic carbocycles. The van der Waals surface area contributed by atoms with Crippen LogP contribution in [0, 0.1) is 45.8 Å². The average Bonchev–Trinajstić information content (AvgIpc) is 3.32. The molecule has 4 aliphatic carbocycles. The second-order valence-corrected chi connectivity index (χ2v) is 14.1. The van der Waals surface area contributed by atoms with Crippen LogP contribution in [0.15, 0.2) is 46.0 Å². The van der Waals surface area contributed by atoms with Crippen molar-refractivity contribution in [2.24, 2.45) is 34.5 Å². The Morgan fingerprint density at radius 2 is 1.88 bits per heavy atom. The van der Waals surface area contributed by atoms with Gasteiger partial charge in [0.25, 0.3) is 5.91 Å². The van der Waals surface area contributed by atoms with Crippen molar-refractivity contribution < 1.29 is 19.1 Å². The maximum atomic E-state index is 12.6. The number of nitrogens with one attached hydrogen (secondary N) is 2. The maximum Gasteiger partial charge on any atom is 0.407 e. The Labute approximate surface area is 257 Å². The Hall–Kier alpha value is -2.92. The van der Waals surface area contributed by atoms with Gasteiger partial charge in [-0.25, -0.2) is 4.79 Å². The van der Waals surface area contributed by atoms with Gasteiger partial charge < -0.3 is 15.4 Å². The number of alkyl carbamates (subject to hydrolysis) is 1. The zero-order chi connectivity index (χ0) is 30.1. The summed E-state index contributed by atoms with van der Waals surface area (Å²) < 4.78 is 6.66. The van der Waals surface area contributed by atoms with E-state index in [4.69, 9.17) is 4.74 Å². The first-order valence-electron chi connectivity index (χ1n) is 15.3. The number of hydrogen-bond donors (Lipinski definition) is 2. The van der Waals surface area contributed by atoms with Crippen molar-refractivity contribution in [3.63, 3.8) is 0 Å². The number of carbonyl (C=O) groups is 3. The summed E-state index contributed by atoms with van der Waals surface area (Å²) in [5, 5.41) is 14.8. The largest absolute Gasteiger partial charge is 0.446 e. The Balaban J connectivity index is 1.10. The van der Waals surface area contributed by atoms with Gasteiger partial charge in [0.1, 0.15) is 23.5 Å². The van der Waals surface area contributed by atoms with E-state index in [1.807, 2.05) is 30.3 Å². The third-order valence-corrected chi connectivity index (χ3v) is 11.5. The summed E-state index contributed by atoms with van der Waals surface area (Å²) in [6.07, 6.45) is 11.6. The van der Waals surface area contributed by atoms with E-state index < -0.39 is 12.0 Å². The molecule has 0 bridgehead atoms. The van der Waals surface area contributed by atoms with Gasteiger partial charge in [0.2, 0.25) is 0 Å². The second kappa shape index (κ2) is 12.4. The summed E-state index contributed by atoms with van der Waals surface area (Å²) in [5.74, 6) is 2.01. The van der Waals surface area contributed by atoms with Gasteiger partial charge in [-0.1, -0.05) is 53.6 Å². The minimum absolute atomic E-state index is 0.00174. The van der Waals surface area contributed by atoms with Crippen LogP contribution < -0.4 is 10.6 Å². The Morgan fingerprint density at radius 1 is 1.10 bits per heavy atom. The standard InChI is InChI=1S/C34H42BrN3O4/c1-21(39)28-9-10-29-27-8-7-24-19-26(11-13-33(24,2)30(27)12-14-34(28,29)3)42-32(41)38-16-15-37-31(40)23(20-36)17-22-5-4-6-25(35)18-22/h4-7,17-18,26-30H,8-16,19H2,1-3H3,(H,37,40)(H,38,41)/b23-17+/t26-,27-,28+,29-,30-,33-,34+/m0/s1. The smallest absolute Gasteiger partial charge is 0.407 e. The van der Waals surface area contributed by atoms with Crippen molar-refractivity contribution in [3.8, 4) is 6.07 Å². The predicted octanol–water partition coefficient (Wildman–Crippen LogP) is 6.74. The molecule has 2 amide bonds. The molecule has 42 heavy (non-hydrogen) atoms. The van der Waals surface area contributed by atoms with E-state index >= 15 is 0 Å². The van der Waals surface area contributed by atoms with Crippen LogP contribution in [0.3, 0.4) is 0 Å². The molecule has 7 atom stereocenters. The van der Waals surface area contributed by atoms with E-state index in [9.17, 15) is 19.6 Å². The molecule has 0 radical (unpaired) electrons. The fourth-order valence-electron chi connectivity index (χ4n) is 8.94. The van der Waals surface area contributed by atoms with Crippen molar-refractivity contribution in [2.75, 3.05) is 13.1 Å². The van der Waals surface area contributed by atoms with Gasteiger partial charge >= 0.3 is 6.09 Å². The number of nitriles is 1. The monoisotopic (exact) mass is 635 g/mol. The fraction of sp³-hybridized carbons (Fsp3) is 0.588. The minimum atomic E-state index is -0.487. The lowest BCUT2D eigenvalue weighted by Crippen LogP contribution is -2.51. The predicted molar refractivity (Wildman–Crippen MR) is 165 cm³/mol. The molecule has 0 aliphatic heterocycles. The normalized spacial score (nSPS) is 33.6. The fourth-order valence-corrected chi connectivity index (χ4v) is 9.35. The molecular weight excluding hydrogens is 594 g/mol. The first-order valence-corrected chi connectivity index (χ1v) is 16.1. The van der Waals surface area contributed by atoms with Gasteiger partial charge in [0.05, 0.1) is 0 Å². The molecule has 0 unspecified atom stereocenters. The van der Waals surface area contributed by atoms with Gasteiger partial charge in [-0.05, 0) is 104 Å². The highest BCUT2D eigenvalue weighted by Gasteiger charge is 2.59. The number of benzene rings is 1. The minimum Gasteiger partial charge on any atom is -0.446 e. The van der Waals surface area contributed by atoms with Gasteiger partial charge in [-0.2, -0.15) is 5.26 Å². The lowest BCUT2D eigenvalue weighted by atomic mass is 9.47.